The van der Waals surface area contributed by atoms with Gasteiger partial charge in [-0.25, -0.2) is 0 Å². The molecule has 4 heteroatoms. The van der Waals surface area contributed by atoms with E-state index in [0.717, 1.165) is 0 Å². The zero-order valence-corrected chi connectivity index (χ0v) is 6.55. The van der Waals surface area contributed by atoms with E-state index in [9.17, 15) is 9.59 Å². The highest BCUT2D eigenvalue weighted by Crippen LogP contribution is 1.97. The van der Waals surface area contributed by atoms with Gasteiger partial charge in [-0.2, -0.15) is 0 Å². The van der Waals surface area contributed by atoms with Crippen LogP contribution in [0.4, 0.5) is 0 Å². The molecular formula is C5H7BrO3. The minimum Gasteiger partial charge on any atom is -0.465 e. The van der Waals surface area contributed by atoms with Crippen LogP contribution in [-0.2, 0) is 14.3 Å². The van der Waals surface area contributed by atoms with Gasteiger partial charge in [0.25, 0.3) is 0 Å². The molecule has 0 aliphatic carbocycles. The molecule has 0 saturated heterocycles. The van der Waals surface area contributed by atoms with Crippen LogP contribution in [0.15, 0.2) is 0 Å². The van der Waals surface area contributed by atoms with E-state index in [1.54, 1.807) is 6.92 Å². The first-order chi connectivity index (χ1) is 4.22. The van der Waals surface area contributed by atoms with Gasteiger partial charge in [0.1, 0.15) is 6.29 Å². The van der Waals surface area contributed by atoms with Crippen molar-refractivity contribution >= 4 is 28.2 Å². The Morgan fingerprint density at radius 2 is 2.44 bits per heavy atom. The summed E-state index contributed by atoms with van der Waals surface area (Å²) in [6.07, 6.45) is 0.484. The van der Waals surface area contributed by atoms with Gasteiger partial charge in [0.05, 0.1) is 6.61 Å². The Labute approximate surface area is 61.5 Å². The van der Waals surface area contributed by atoms with Gasteiger partial charge in [-0.15, -0.1) is 0 Å². The van der Waals surface area contributed by atoms with E-state index in [1.807, 2.05) is 0 Å². The summed E-state index contributed by atoms with van der Waals surface area (Å²) in [4.78, 5) is 19.5. The van der Waals surface area contributed by atoms with Gasteiger partial charge in [0.15, 0.2) is 4.83 Å². The first-order valence-corrected chi connectivity index (χ1v) is 3.40. The van der Waals surface area contributed by atoms with Crippen LogP contribution in [0, 0.1) is 0 Å². The van der Waals surface area contributed by atoms with Crippen molar-refractivity contribution in [3.63, 3.8) is 0 Å². The third-order valence-corrected chi connectivity index (χ3v) is 1.22. The molecule has 0 radical (unpaired) electrons. The topological polar surface area (TPSA) is 43.4 Å². The van der Waals surface area contributed by atoms with Gasteiger partial charge in [0.2, 0.25) is 0 Å². The van der Waals surface area contributed by atoms with Crippen LogP contribution in [-0.4, -0.2) is 23.7 Å². The van der Waals surface area contributed by atoms with Gasteiger partial charge in [-0.05, 0) is 6.92 Å². The summed E-state index contributed by atoms with van der Waals surface area (Å²) in [6.45, 7) is 1.98. The molecule has 0 aliphatic rings. The second-order valence-electron chi connectivity index (χ2n) is 1.29. The van der Waals surface area contributed by atoms with Gasteiger partial charge in [-0.3, -0.25) is 4.79 Å². The lowest BCUT2D eigenvalue weighted by Crippen LogP contribution is -2.18. The van der Waals surface area contributed by atoms with Gasteiger partial charge in [-0.1, -0.05) is 15.9 Å². The molecular weight excluding hydrogens is 188 g/mol. The molecule has 0 aliphatic heterocycles. The van der Waals surface area contributed by atoms with Crippen molar-refractivity contribution in [3.8, 4) is 0 Å². The van der Waals surface area contributed by atoms with Crippen LogP contribution in [0.25, 0.3) is 0 Å². The molecule has 0 aromatic heterocycles. The summed E-state index contributed by atoms with van der Waals surface area (Å²) in [5.41, 5.74) is 0. The molecule has 3 nitrogen and oxygen atoms in total. The van der Waals surface area contributed by atoms with Crippen LogP contribution in [0.5, 0.6) is 0 Å². The standard InChI is InChI=1S/C5H7BrO3/c1-2-9-5(8)4(6)3-7/h3-4H,2H2,1H3. The molecule has 52 valence electrons. The van der Waals surface area contributed by atoms with E-state index in [4.69, 9.17) is 0 Å². The lowest BCUT2D eigenvalue weighted by atomic mass is 10.5. The Morgan fingerprint density at radius 1 is 1.89 bits per heavy atom. The van der Waals surface area contributed by atoms with Gasteiger partial charge < -0.3 is 9.53 Å². The first-order valence-electron chi connectivity index (χ1n) is 2.48. The maximum atomic E-state index is 10.5. The van der Waals surface area contributed by atoms with Crippen molar-refractivity contribution in [2.45, 2.75) is 11.8 Å². The fourth-order valence-corrected chi connectivity index (χ4v) is 0.410. The molecule has 0 spiro atoms. The largest absolute Gasteiger partial charge is 0.465 e. The molecule has 0 fully saturated rings. The van der Waals surface area contributed by atoms with Crippen molar-refractivity contribution in [2.75, 3.05) is 6.61 Å². The molecule has 0 heterocycles. The Kier molecular flexibility index (Phi) is 4.30. The average molecular weight is 195 g/mol. The number of hydrogen-bond acceptors (Lipinski definition) is 3. The fourth-order valence-electron chi connectivity index (χ4n) is 0.277. The molecule has 9 heavy (non-hydrogen) atoms. The van der Waals surface area contributed by atoms with E-state index >= 15 is 0 Å². The number of alkyl halides is 1. The van der Waals surface area contributed by atoms with Crippen LogP contribution < -0.4 is 0 Å². The molecule has 1 unspecified atom stereocenters. The number of esters is 1. The maximum absolute atomic E-state index is 10.5. The second-order valence-corrected chi connectivity index (χ2v) is 2.28. The lowest BCUT2D eigenvalue weighted by molar-refractivity contribution is -0.143. The third-order valence-electron chi connectivity index (χ3n) is 0.631. The summed E-state index contributed by atoms with van der Waals surface area (Å²) in [6, 6.07) is 0. The van der Waals surface area contributed by atoms with E-state index in [-0.39, 0.29) is 0 Å². The Bertz CT molecular complexity index is 113. The van der Waals surface area contributed by atoms with Crippen molar-refractivity contribution < 1.29 is 14.3 Å². The van der Waals surface area contributed by atoms with Crippen LogP contribution >= 0.6 is 15.9 Å². The average Bonchev–Trinajstić information content (AvgIpc) is 1.87. The predicted octanol–water partition coefficient (Wildman–Crippen LogP) is 0.512. The summed E-state index contributed by atoms with van der Waals surface area (Å²) in [7, 11) is 0. The normalized spacial score (nSPS) is 12.2. The van der Waals surface area contributed by atoms with Crippen molar-refractivity contribution in [1.82, 2.24) is 0 Å². The zero-order valence-electron chi connectivity index (χ0n) is 4.96. The Balaban J connectivity index is 3.58. The first kappa shape index (κ1) is 8.62. The van der Waals surface area contributed by atoms with Crippen molar-refractivity contribution in [2.24, 2.45) is 0 Å². The number of ether oxygens (including phenoxy) is 1. The molecule has 0 N–H and O–H groups in total. The zero-order chi connectivity index (χ0) is 7.28. The lowest BCUT2D eigenvalue weighted by Gasteiger charge is -1.99. The monoisotopic (exact) mass is 194 g/mol. The number of halogens is 1. The molecule has 0 amide bonds. The van der Waals surface area contributed by atoms with E-state index in [1.165, 1.54) is 0 Å². The molecule has 0 aromatic rings. The van der Waals surface area contributed by atoms with E-state index in [0.29, 0.717) is 12.9 Å². The summed E-state index contributed by atoms with van der Waals surface area (Å²) in [5.74, 6) is -0.535. The van der Waals surface area contributed by atoms with Crippen molar-refractivity contribution in [1.29, 1.82) is 0 Å². The number of carbonyl (C=O) groups excluding carboxylic acids is 2. The highest BCUT2D eigenvalue weighted by atomic mass is 79.9. The highest BCUT2D eigenvalue weighted by molar-refractivity contribution is 9.10. The maximum Gasteiger partial charge on any atom is 0.327 e. The molecule has 0 saturated carbocycles. The SMILES string of the molecule is CCOC(=O)C(Br)C=O. The number of aldehydes is 1. The van der Waals surface area contributed by atoms with E-state index < -0.39 is 10.8 Å². The van der Waals surface area contributed by atoms with Crippen LogP contribution in [0.1, 0.15) is 6.92 Å². The summed E-state index contributed by atoms with van der Waals surface area (Å²) >= 11 is 2.80. The van der Waals surface area contributed by atoms with Crippen molar-refractivity contribution in [3.05, 3.63) is 0 Å². The van der Waals surface area contributed by atoms with Gasteiger partial charge >= 0.3 is 5.97 Å². The number of rotatable bonds is 3. The predicted molar refractivity (Wildman–Crippen MR) is 35.4 cm³/mol. The quantitative estimate of drug-likeness (QED) is 0.285. The van der Waals surface area contributed by atoms with Crippen LogP contribution in [0.3, 0.4) is 0 Å². The molecule has 0 rings (SSSR count). The third kappa shape index (κ3) is 3.24. The fraction of sp³-hybridized carbons (Fsp3) is 0.600. The number of hydrogen-bond donors (Lipinski definition) is 0. The molecule has 0 aromatic carbocycles. The summed E-state index contributed by atoms with van der Waals surface area (Å²) < 4.78 is 4.48. The minimum atomic E-state index is -0.808. The van der Waals surface area contributed by atoms with Gasteiger partial charge in [0, 0.05) is 0 Å². The minimum absolute atomic E-state index is 0.300. The molecule has 0 bridgehead atoms. The van der Waals surface area contributed by atoms with Crippen LogP contribution in [0.2, 0.25) is 0 Å². The highest BCUT2D eigenvalue weighted by Gasteiger charge is 2.13. The smallest absolute Gasteiger partial charge is 0.327 e. The van der Waals surface area contributed by atoms with E-state index in [2.05, 4.69) is 20.7 Å². The molecule has 1 atom stereocenters. The number of carbonyl (C=O) groups is 2. The second kappa shape index (κ2) is 4.49. The summed E-state index contributed by atoms with van der Waals surface area (Å²) in [5, 5.41) is 0. The Morgan fingerprint density at radius 3 is 2.78 bits per heavy atom. The Hall–Kier alpha value is -0.380.